The summed E-state index contributed by atoms with van der Waals surface area (Å²) in [5, 5.41) is 6.97. The van der Waals surface area contributed by atoms with Gasteiger partial charge in [0.05, 0.1) is 0 Å². The molecule has 0 bridgehead atoms. The molecule has 0 amide bonds. The van der Waals surface area contributed by atoms with Crippen LogP contribution in [0.1, 0.15) is 26.7 Å². The maximum atomic E-state index is 6.97. The molecule has 0 atom stereocenters. The number of hydrogen-bond acceptors (Lipinski definition) is 1. The topological polar surface area (TPSA) is 91.5 Å². The minimum absolute atomic E-state index is 0. The highest BCUT2D eigenvalue weighted by Crippen LogP contribution is 1.93. The Labute approximate surface area is 91.5 Å². The van der Waals surface area contributed by atoms with Gasteiger partial charge in [0.1, 0.15) is 0 Å². The van der Waals surface area contributed by atoms with Crippen molar-refractivity contribution in [3.05, 3.63) is 0 Å². The highest BCUT2D eigenvalue weighted by Gasteiger charge is 2.04. The molecule has 0 radical (unpaired) electrons. The molecule has 5 N–H and O–H groups in total. The average molecular weight is 222 g/mol. The van der Waals surface area contributed by atoms with Gasteiger partial charge in [-0.1, -0.05) is 13.8 Å². The Hall–Kier alpha value is -0.970. The van der Waals surface area contributed by atoms with Gasteiger partial charge in [0.2, 0.25) is 5.96 Å². The molecule has 0 aliphatic heterocycles. The number of aliphatic imine (C=N–C) groups is 1. The number of guanidine groups is 2. The van der Waals surface area contributed by atoms with Crippen molar-refractivity contribution >= 4 is 24.3 Å². The predicted octanol–water partition coefficient (Wildman–Crippen LogP) is 0.738. The van der Waals surface area contributed by atoms with E-state index in [2.05, 4.69) is 18.8 Å². The van der Waals surface area contributed by atoms with Crippen LogP contribution in [0.4, 0.5) is 0 Å². The lowest BCUT2D eigenvalue weighted by Gasteiger charge is -2.21. The lowest BCUT2D eigenvalue weighted by atomic mass is 10.4. The summed E-state index contributed by atoms with van der Waals surface area (Å²) in [5.74, 6) is 0.103. The van der Waals surface area contributed by atoms with E-state index in [0.717, 1.165) is 25.9 Å². The third kappa shape index (κ3) is 6.54. The first-order valence-electron chi connectivity index (χ1n) is 4.54. The fraction of sp³-hybridized carbons (Fsp3) is 0.750. The predicted molar refractivity (Wildman–Crippen MR) is 62.9 cm³/mol. The van der Waals surface area contributed by atoms with Gasteiger partial charge in [0, 0.05) is 13.1 Å². The van der Waals surface area contributed by atoms with E-state index in [1.165, 1.54) is 0 Å². The normalized spacial score (nSPS) is 10.6. The minimum Gasteiger partial charge on any atom is -0.369 e. The van der Waals surface area contributed by atoms with Crippen molar-refractivity contribution < 1.29 is 0 Å². The van der Waals surface area contributed by atoms with E-state index < -0.39 is 0 Å². The molecule has 0 aromatic rings. The zero-order chi connectivity index (χ0) is 10.3. The first-order chi connectivity index (χ1) is 6.11. The molecule has 14 heavy (non-hydrogen) atoms. The highest BCUT2D eigenvalue weighted by atomic mass is 35.5. The molecule has 0 saturated carbocycles. The van der Waals surface area contributed by atoms with Crippen molar-refractivity contribution in [3.63, 3.8) is 0 Å². The van der Waals surface area contributed by atoms with Crippen molar-refractivity contribution in [2.75, 3.05) is 13.1 Å². The second-order valence-electron chi connectivity index (χ2n) is 2.84. The SMILES string of the molecule is CCCN(CCC)C(N)=NC(=N)N.Cl. The summed E-state index contributed by atoms with van der Waals surface area (Å²) in [4.78, 5) is 5.63. The molecule has 0 unspecified atom stereocenters. The van der Waals surface area contributed by atoms with Crippen LogP contribution in [0.15, 0.2) is 4.99 Å². The summed E-state index contributed by atoms with van der Waals surface area (Å²) < 4.78 is 0. The smallest absolute Gasteiger partial charge is 0.215 e. The van der Waals surface area contributed by atoms with Crippen molar-refractivity contribution in [1.82, 2.24) is 4.90 Å². The van der Waals surface area contributed by atoms with E-state index in [1.54, 1.807) is 0 Å². The minimum atomic E-state index is -0.241. The quantitative estimate of drug-likeness (QED) is 0.483. The van der Waals surface area contributed by atoms with Crippen LogP contribution in [0.3, 0.4) is 0 Å². The van der Waals surface area contributed by atoms with Crippen LogP contribution in [0, 0.1) is 5.41 Å². The molecule has 0 aliphatic carbocycles. The lowest BCUT2D eigenvalue weighted by Crippen LogP contribution is -2.39. The van der Waals surface area contributed by atoms with Gasteiger partial charge in [-0.05, 0) is 12.8 Å². The monoisotopic (exact) mass is 221 g/mol. The molecule has 5 nitrogen and oxygen atoms in total. The van der Waals surface area contributed by atoms with Crippen LogP contribution < -0.4 is 11.5 Å². The van der Waals surface area contributed by atoms with Crippen LogP contribution in [-0.2, 0) is 0 Å². The van der Waals surface area contributed by atoms with Gasteiger partial charge < -0.3 is 16.4 Å². The zero-order valence-corrected chi connectivity index (χ0v) is 9.60. The van der Waals surface area contributed by atoms with E-state index in [4.69, 9.17) is 16.9 Å². The summed E-state index contributed by atoms with van der Waals surface area (Å²) >= 11 is 0. The summed E-state index contributed by atoms with van der Waals surface area (Å²) in [5.41, 5.74) is 10.8. The van der Waals surface area contributed by atoms with E-state index >= 15 is 0 Å². The third-order valence-corrected chi connectivity index (χ3v) is 1.55. The first kappa shape index (κ1) is 15.5. The van der Waals surface area contributed by atoms with Crippen molar-refractivity contribution in [1.29, 1.82) is 5.41 Å². The maximum Gasteiger partial charge on any atom is 0.215 e. The Bertz CT molecular complexity index is 186. The van der Waals surface area contributed by atoms with Crippen LogP contribution in [0.5, 0.6) is 0 Å². The van der Waals surface area contributed by atoms with Gasteiger partial charge in [-0.15, -0.1) is 12.4 Å². The Morgan fingerprint density at radius 3 is 1.93 bits per heavy atom. The molecule has 0 fully saturated rings. The molecule has 0 aliphatic rings. The number of halogens is 1. The molecule has 0 rings (SSSR count). The van der Waals surface area contributed by atoms with Gasteiger partial charge in [-0.25, -0.2) is 0 Å². The molecular formula is C8H20ClN5. The number of nitrogens with two attached hydrogens (primary N) is 2. The average Bonchev–Trinajstić information content (AvgIpc) is 2.02. The Balaban J connectivity index is 0. The van der Waals surface area contributed by atoms with Crippen molar-refractivity contribution in [3.8, 4) is 0 Å². The first-order valence-corrected chi connectivity index (χ1v) is 4.54. The lowest BCUT2D eigenvalue weighted by molar-refractivity contribution is 0.413. The molecule has 0 spiro atoms. The largest absolute Gasteiger partial charge is 0.369 e. The third-order valence-electron chi connectivity index (χ3n) is 1.55. The van der Waals surface area contributed by atoms with E-state index in [9.17, 15) is 0 Å². The maximum absolute atomic E-state index is 6.97. The second kappa shape index (κ2) is 8.62. The molecule has 0 aromatic carbocycles. The Morgan fingerprint density at radius 1 is 1.21 bits per heavy atom. The number of nitrogens with one attached hydrogen (secondary N) is 1. The van der Waals surface area contributed by atoms with Gasteiger partial charge in [0.25, 0.3) is 0 Å². The van der Waals surface area contributed by atoms with Gasteiger partial charge >= 0.3 is 0 Å². The number of nitrogens with zero attached hydrogens (tertiary/aromatic N) is 2. The van der Waals surface area contributed by atoms with Gasteiger partial charge in [-0.3, -0.25) is 5.41 Å². The Kier molecular flexibility index (Phi) is 9.54. The van der Waals surface area contributed by atoms with Crippen LogP contribution in [0.25, 0.3) is 0 Å². The zero-order valence-electron chi connectivity index (χ0n) is 8.79. The fourth-order valence-electron chi connectivity index (χ4n) is 1.07. The van der Waals surface area contributed by atoms with Gasteiger partial charge in [0.15, 0.2) is 5.96 Å². The number of rotatable bonds is 4. The van der Waals surface area contributed by atoms with E-state index in [1.807, 2.05) is 4.90 Å². The van der Waals surface area contributed by atoms with Crippen molar-refractivity contribution in [2.45, 2.75) is 26.7 Å². The molecular weight excluding hydrogens is 202 g/mol. The molecule has 0 heterocycles. The number of hydrogen-bond donors (Lipinski definition) is 3. The molecule has 6 heteroatoms. The highest BCUT2D eigenvalue weighted by molar-refractivity contribution is 5.91. The molecule has 0 aromatic heterocycles. The standard InChI is InChI=1S/C8H19N5.ClH/c1-3-5-13(6-4-2)8(11)12-7(9)10;/h3-6H2,1-2H3,(H5,9,10,11,12);1H. The van der Waals surface area contributed by atoms with Crippen LogP contribution in [0.2, 0.25) is 0 Å². The summed E-state index contributed by atoms with van der Waals surface area (Å²) in [6.07, 6.45) is 2.02. The van der Waals surface area contributed by atoms with Crippen LogP contribution >= 0.6 is 12.4 Å². The summed E-state index contributed by atoms with van der Waals surface area (Å²) in [6.45, 7) is 5.86. The molecule has 84 valence electrons. The second-order valence-corrected chi connectivity index (χ2v) is 2.84. The van der Waals surface area contributed by atoms with Crippen LogP contribution in [-0.4, -0.2) is 29.9 Å². The van der Waals surface area contributed by atoms with Gasteiger partial charge in [-0.2, -0.15) is 4.99 Å². The molecule has 0 saturated heterocycles. The van der Waals surface area contributed by atoms with Crippen molar-refractivity contribution in [2.24, 2.45) is 16.5 Å². The summed E-state index contributed by atoms with van der Waals surface area (Å²) in [6, 6.07) is 0. The summed E-state index contributed by atoms with van der Waals surface area (Å²) in [7, 11) is 0. The Morgan fingerprint density at radius 2 is 1.64 bits per heavy atom. The van der Waals surface area contributed by atoms with E-state index in [0.29, 0.717) is 5.96 Å². The van der Waals surface area contributed by atoms with E-state index in [-0.39, 0.29) is 18.4 Å². The fourth-order valence-corrected chi connectivity index (χ4v) is 1.07.